The fourth-order valence-corrected chi connectivity index (χ4v) is 5.55. The van der Waals surface area contributed by atoms with E-state index in [1.807, 2.05) is 13.8 Å². The molecule has 5 rings (SSSR count). The number of nitrogens with one attached hydrogen (secondary N) is 3. The van der Waals surface area contributed by atoms with E-state index in [9.17, 15) is 31.5 Å². The lowest BCUT2D eigenvalue weighted by Crippen LogP contribution is -2.41. The molecule has 2 aliphatic carbocycles. The van der Waals surface area contributed by atoms with Crippen LogP contribution in [-0.4, -0.2) is 68.6 Å². The molecule has 4 atom stereocenters. The summed E-state index contributed by atoms with van der Waals surface area (Å²) in [4.78, 5) is 33.8. The molecular formula is C31H39F5N6O4. The van der Waals surface area contributed by atoms with Crippen LogP contribution in [-0.2, 0) is 14.3 Å². The number of carbonyl (C=O) groups is 2. The lowest BCUT2D eigenvalue weighted by molar-refractivity contribution is -0.227. The zero-order valence-corrected chi connectivity index (χ0v) is 26.0. The van der Waals surface area contributed by atoms with Gasteiger partial charge in [-0.3, -0.25) is 14.3 Å². The van der Waals surface area contributed by atoms with Gasteiger partial charge in [0.1, 0.15) is 17.6 Å². The topological polar surface area (TPSA) is 123 Å². The van der Waals surface area contributed by atoms with Gasteiger partial charge in [0.15, 0.2) is 6.10 Å². The van der Waals surface area contributed by atoms with Crippen molar-refractivity contribution in [2.75, 3.05) is 6.61 Å². The maximum absolute atomic E-state index is 13.4. The first-order chi connectivity index (χ1) is 21.6. The number of hydrogen-bond donors (Lipinski definition) is 3. The van der Waals surface area contributed by atoms with Crippen molar-refractivity contribution in [3.8, 4) is 0 Å². The average molecular weight is 655 g/mol. The summed E-state index contributed by atoms with van der Waals surface area (Å²) in [6.07, 6.45) is -5.14. The molecule has 2 heterocycles. The van der Waals surface area contributed by atoms with Gasteiger partial charge in [0.25, 0.3) is 5.91 Å². The maximum atomic E-state index is 13.4. The van der Waals surface area contributed by atoms with Gasteiger partial charge in [-0.2, -0.15) is 18.3 Å². The quantitative estimate of drug-likeness (QED) is 0.185. The number of carbonyl (C=O) groups excluding carboxylic acids is 2. The van der Waals surface area contributed by atoms with E-state index in [0.717, 1.165) is 19.8 Å². The Morgan fingerprint density at radius 3 is 2.46 bits per heavy atom. The predicted molar refractivity (Wildman–Crippen MR) is 157 cm³/mol. The molecule has 15 heteroatoms. The lowest BCUT2D eigenvalue weighted by atomic mass is 9.79. The number of nitrogens with zero attached hydrogens (tertiary/aromatic N) is 3. The summed E-state index contributed by atoms with van der Waals surface area (Å²) in [6.45, 7) is 6.16. The Balaban J connectivity index is 1.39. The van der Waals surface area contributed by atoms with Crippen LogP contribution >= 0.6 is 0 Å². The first-order valence-corrected chi connectivity index (χ1v) is 15.4. The Hall–Kier alpha value is -3.59. The lowest BCUT2D eigenvalue weighted by Gasteiger charge is -2.34. The van der Waals surface area contributed by atoms with Gasteiger partial charge in [0.2, 0.25) is 11.8 Å². The van der Waals surface area contributed by atoms with Crippen LogP contribution < -0.4 is 10.6 Å². The van der Waals surface area contributed by atoms with Crippen LogP contribution in [0.4, 0.5) is 22.0 Å². The van der Waals surface area contributed by atoms with Gasteiger partial charge < -0.3 is 25.1 Å². The number of imidazole rings is 1. The van der Waals surface area contributed by atoms with Crippen molar-refractivity contribution >= 4 is 22.8 Å². The van der Waals surface area contributed by atoms with Crippen LogP contribution in [0.25, 0.3) is 11.0 Å². The van der Waals surface area contributed by atoms with Crippen LogP contribution in [0, 0.1) is 5.92 Å². The van der Waals surface area contributed by atoms with Crippen molar-refractivity contribution in [3.05, 3.63) is 47.5 Å². The molecule has 0 aliphatic heterocycles. The highest BCUT2D eigenvalue weighted by Crippen LogP contribution is 2.44. The van der Waals surface area contributed by atoms with Gasteiger partial charge in [-0.25, -0.2) is 13.8 Å². The maximum Gasteiger partial charge on any atom is 0.414 e. The molecule has 0 spiro atoms. The van der Waals surface area contributed by atoms with Gasteiger partial charge in [-0.1, -0.05) is 6.07 Å². The van der Waals surface area contributed by atoms with Crippen molar-refractivity contribution in [1.82, 2.24) is 30.4 Å². The number of amides is 2. The van der Waals surface area contributed by atoms with Gasteiger partial charge in [-0.05, 0) is 70.2 Å². The summed E-state index contributed by atoms with van der Waals surface area (Å²) in [5.74, 6) is -3.87. The van der Waals surface area contributed by atoms with Crippen LogP contribution in [0.5, 0.6) is 0 Å². The van der Waals surface area contributed by atoms with Crippen molar-refractivity contribution < 1.29 is 41.0 Å². The first kappa shape index (κ1) is 33.8. The fourth-order valence-electron chi connectivity index (χ4n) is 5.55. The van der Waals surface area contributed by atoms with Gasteiger partial charge in [0, 0.05) is 31.5 Å². The minimum atomic E-state index is -4.62. The molecule has 0 bridgehead atoms. The van der Waals surface area contributed by atoms with Crippen molar-refractivity contribution in [2.45, 2.75) is 108 Å². The molecular weight excluding hydrogens is 615 g/mol. The standard InChI is InChI=1S/C31H39F5N6O4/c1-16(2)42-25(9-10-37-42)29(44)41-27(17(3)46-18(4)31(34,35)36)28-39-22-8-5-20(12-23(22)40-28)24(15-45-21-6-7-21)38-26(43)11-19-13-30(32,33)14-19/h5,8-10,12,16-19,21,24,27H,6-7,11,13-15H2,1-4H3,(H,38,43)(H,39,40)(H,41,44)/t17-,18+,24-,27+/m1/s1. The fraction of sp³-hybridized carbons (Fsp3) is 0.613. The number of ether oxygens (including phenoxy) is 2. The van der Waals surface area contributed by atoms with Gasteiger partial charge in [0.05, 0.1) is 35.9 Å². The molecule has 2 saturated carbocycles. The Morgan fingerprint density at radius 2 is 1.83 bits per heavy atom. The van der Waals surface area contributed by atoms with Gasteiger partial charge in [-0.15, -0.1) is 0 Å². The molecule has 2 fully saturated rings. The van der Waals surface area contributed by atoms with Crippen molar-refractivity contribution in [1.29, 1.82) is 0 Å². The van der Waals surface area contributed by atoms with E-state index < -0.39 is 42.3 Å². The van der Waals surface area contributed by atoms with Crippen LogP contribution in [0.3, 0.4) is 0 Å². The third-order valence-corrected chi connectivity index (χ3v) is 8.26. The summed E-state index contributed by atoms with van der Waals surface area (Å²) in [5, 5.41) is 9.85. The summed E-state index contributed by atoms with van der Waals surface area (Å²) >= 11 is 0. The second-order valence-electron chi connectivity index (χ2n) is 12.6. The molecule has 2 aromatic heterocycles. The van der Waals surface area contributed by atoms with E-state index in [-0.39, 0.29) is 61.4 Å². The largest absolute Gasteiger partial charge is 0.414 e. The zero-order valence-electron chi connectivity index (χ0n) is 26.0. The molecule has 0 saturated heterocycles. The highest BCUT2D eigenvalue weighted by molar-refractivity contribution is 5.93. The first-order valence-electron chi connectivity index (χ1n) is 15.4. The molecule has 1 aromatic carbocycles. The number of alkyl halides is 5. The predicted octanol–water partition coefficient (Wildman–Crippen LogP) is 5.94. The molecule has 2 amide bonds. The number of halogens is 5. The Bertz CT molecular complexity index is 1530. The number of hydrogen-bond acceptors (Lipinski definition) is 6. The Morgan fingerprint density at radius 1 is 1.11 bits per heavy atom. The molecule has 3 N–H and O–H groups in total. The van der Waals surface area contributed by atoms with E-state index in [2.05, 4.69) is 25.7 Å². The molecule has 0 radical (unpaired) electrons. The molecule has 252 valence electrons. The number of aromatic amines is 1. The highest BCUT2D eigenvalue weighted by Gasteiger charge is 2.46. The highest BCUT2D eigenvalue weighted by atomic mass is 19.4. The summed E-state index contributed by atoms with van der Waals surface area (Å²) < 4.78 is 79.5. The minimum Gasteiger partial charge on any atom is -0.376 e. The number of aromatic nitrogens is 4. The molecule has 0 unspecified atom stereocenters. The van der Waals surface area contributed by atoms with E-state index in [0.29, 0.717) is 16.6 Å². The SMILES string of the molecule is CC(C)n1nccc1C(=O)N[C@H](c1nc2ccc([C@@H](COC3CC3)NC(=O)CC3CC(F)(F)C3)cc2[nH]1)[C@@H](C)O[C@@H](C)C(F)(F)F. The summed E-state index contributed by atoms with van der Waals surface area (Å²) in [7, 11) is 0. The van der Waals surface area contributed by atoms with Crippen molar-refractivity contribution in [3.63, 3.8) is 0 Å². The van der Waals surface area contributed by atoms with E-state index >= 15 is 0 Å². The molecule has 46 heavy (non-hydrogen) atoms. The van der Waals surface area contributed by atoms with E-state index in [1.54, 1.807) is 18.2 Å². The van der Waals surface area contributed by atoms with E-state index in [1.165, 1.54) is 23.9 Å². The van der Waals surface area contributed by atoms with Crippen LogP contribution in [0.2, 0.25) is 0 Å². The van der Waals surface area contributed by atoms with Crippen LogP contribution in [0.1, 0.15) is 99.8 Å². The normalized spacial score (nSPS) is 19.4. The Labute approximate surface area is 262 Å². The second-order valence-corrected chi connectivity index (χ2v) is 12.6. The second kappa shape index (κ2) is 13.3. The van der Waals surface area contributed by atoms with Gasteiger partial charge >= 0.3 is 6.18 Å². The van der Waals surface area contributed by atoms with E-state index in [4.69, 9.17) is 9.47 Å². The number of benzene rings is 1. The third-order valence-electron chi connectivity index (χ3n) is 8.26. The number of H-pyrrole nitrogens is 1. The Kier molecular flexibility index (Phi) is 9.73. The van der Waals surface area contributed by atoms with Crippen molar-refractivity contribution in [2.24, 2.45) is 5.92 Å². The molecule has 2 aliphatic rings. The summed E-state index contributed by atoms with van der Waals surface area (Å²) in [6, 6.07) is 4.83. The molecule has 3 aromatic rings. The molecule has 10 nitrogen and oxygen atoms in total. The monoisotopic (exact) mass is 654 g/mol. The average Bonchev–Trinajstić information content (AvgIpc) is 3.46. The smallest absolute Gasteiger partial charge is 0.376 e. The minimum absolute atomic E-state index is 0.0166. The third kappa shape index (κ3) is 8.21. The number of rotatable bonds is 14. The van der Waals surface area contributed by atoms with Crippen LogP contribution in [0.15, 0.2) is 30.5 Å². The zero-order chi connectivity index (χ0) is 33.4. The summed E-state index contributed by atoms with van der Waals surface area (Å²) in [5.41, 5.74) is 1.84. The number of fused-ring (bicyclic) bond motifs is 1.